The first-order valence-electron chi connectivity index (χ1n) is 17.1. The number of Topliss-reactive ketones (excluding diaryl/α,β-unsaturated/α-hetero) is 1. The number of nitrogens with zero attached hydrogens (tertiary/aromatic N) is 1. The van der Waals surface area contributed by atoms with Crippen LogP contribution in [0.3, 0.4) is 0 Å². The van der Waals surface area contributed by atoms with E-state index in [1.54, 1.807) is 11.8 Å². The SMILES string of the molecule is CC(OC(=O)CNC(=O)NC(C(=O)N1C[C@H]2C([C@H]1C(=O)NC(CC1CCC1)C(=O)C(N)=O)C2(C)C)C1CCCCC1)c1ccccc1. The smallest absolute Gasteiger partial charge is 0.326 e. The first kappa shape index (κ1) is 34.4. The van der Waals surface area contributed by atoms with Crippen molar-refractivity contribution in [2.45, 2.75) is 103 Å². The summed E-state index contributed by atoms with van der Waals surface area (Å²) in [5.41, 5.74) is 5.98. The number of benzene rings is 1. The number of hydrogen-bond donors (Lipinski definition) is 4. The van der Waals surface area contributed by atoms with E-state index in [1.807, 2.05) is 30.3 Å². The van der Waals surface area contributed by atoms with Crippen LogP contribution in [0.15, 0.2) is 30.3 Å². The molecule has 5 N–H and O–H groups in total. The first-order valence-corrected chi connectivity index (χ1v) is 17.1. The number of ether oxygens (including phenoxy) is 1. The van der Waals surface area contributed by atoms with Crippen molar-refractivity contribution in [2.24, 2.45) is 34.8 Å². The Balaban J connectivity index is 1.27. The van der Waals surface area contributed by atoms with E-state index in [9.17, 15) is 28.8 Å². The molecule has 1 saturated heterocycles. The van der Waals surface area contributed by atoms with Gasteiger partial charge in [0, 0.05) is 6.54 Å². The van der Waals surface area contributed by atoms with Crippen molar-refractivity contribution in [3.8, 4) is 0 Å². The van der Waals surface area contributed by atoms with Gasteiger partial charge in [-0.2, -0.15) is 0 Å². The average molecular weight is 652 g/mol. The van der Waals surface area contributed by atoms with E-state index < -0.39 is 53.8 Å². The van der Waals surface area contributed by atoms with Crippen molar-refractivity contribution in [2.75, 3.05) is 13.1 Å². The normalized spacial score (nSPS) is 25.3. The second-order valence-corrected chi connectivity index (χ2v) is 14.5. The van der Waals surface area contributed by atoms with Gasteiger partial charge in [0.15, 0.2) is 0 Å². The summed E-state index contributed by atoms with van der Waals surface area (Å²) in [4.78, 5) is 80.0. The van der Waals surface area contributed by atoms with Crippen LogP contribution in [0, 0.1) is 29.1 Å². The minimum Gasteiger partial charge on any atom is -0.456 e. The number of rotatable bonds is 13. The molecular formula is C35H49N5O7. The third-order valence-electron chi connectivity index (χ3n) is 11.1. The fraction of sp³-hybridized carbons (Fsp3) is 0.657. The summed E-state index contributed by atoms with van der Waals surface area (Å²) in [5, 5.41) is 8.18. The number of likely N-dealkylation sites (tertiary alicyclic amines) is 1. The molecule has 256 valence electrons. The molecule has 4 fully saturated rings. The molecule has 4 unspecified atom stereocenters. The molecule has 12 nitrogen and oxygen atoms in total. The van der Waals surface area contributed by atoms with Gasteiger partial charge >= 0.3 is 12.0 Å². The maximum absolute atomic E-state index is 14.3. The van der Waals surface area contributed by atoms with Crippen LogP contribution in [0.5, 0.6) is 0 Å². The summed E-state index contributed by atoms with van der Waals surface area (Å²) in [6.07, 6.45) is 7.09. The molecule has 0 radical (unpaired) electrons. The number of fused-ring (bicyclic) bond motifs is 1. The molecule has 6 atom stereocenters. The van der Waals surface area contributed by atoms with Crippen LogP contribution in [0.25, 0.3) is 0 Å². The zero-order valence-electron chi connectivity index (χ0n) is 27.7. The molecule has 1 heterocycles. The lowest BCUT2D eigenvalue weighted by molar-refractivity contribution is -0.147. The van der Waals surface area contributed by atoms with E-state index in [-0.39, 0.29) is 41.5 Å². The Hall–Kier alpha value is -3.96. The van der Waals surface area contributed by atoms with Crippen molar-refractivity contribution < 1.29 is 33.5 Å². The maximum atomic E-state index is 14.3. The Morgan fingerprint density at radius 2 is 1.64 bits per heavy atom. The van der Waals surface area contributed by atoms with Crippen molar-refractivity contribution >= 4 is 35.5 Å². The zero-order chi connectivity index (χ0) is 33.9. The number of esters is 1. The van der Waals surface area contributed by atoms with E-state index in [4.69, 9.17) is 10.5 Å². The first-order chi connectivity index (χ1) is 22.4. The van der Waals surface area contributed by atoms with E-state index >= 15 is 0 Å². The Morgan fingerprint density at radius 1 is 0.957 bits per heavy atom. The topological polar surface area (TPSA) is 177 Å². The fourth-order valence-electron chi connectivity index (χ4n) is 7.94. The standard InChI is InChI=1S/C35H49N5O7/c1-20(22-13-6-4-7-14-22)47-26(41)18-37-34(46)39-28(23-15-8-5-9-16-23)33(45)40-19-24-27(35(24,2)3)29(40)32(44)38-25(30(42)31(36)43)17-21-11-10-12-21/h4,6-7,13-14,20-21,23-25,27-29H,5,8-12,15-19H2,1-3H3,(H2,36,43)(H,38,44)(H2,37,39,46)/t20?,24-,25?,27?,28?,29-/m0/s1. The number of ketones is 1. The van der Waals surface area contributed by atoms with Crippen molar-refractivity contribution in [1.29, 1.82) is 0 Å². The molecule has 12 heteroatoms. The van der Waals surface area contributed by atoms with Gasteiger partial charge in [0.2, 0.25) is 17.6 Å². The highest BCUT2D eigenvalue weighted by atomic mass is 16.5. The van der Waals surface area contributed by atoms with Crippen molar-refractivity contribution in [1.82, 2.24) is 20.9 Å². The summed E-state index contributed by atoms with van der Waals surface area (Å²) in [5.74, 6) is -3.31. The van der Waals surface area contributed by atoms with Gasteiger partial charge in [-0.3, -0.25) is 24.0 Å². The number of piperidine rings is 1. The summed E-state index contributed by atoms with van der Waals surface area (Å²) in [7, 11) is 0. The number of urea groups is 1. The Labute approximate surface area is 276 Å². The number of primary amides is 1. The minimum atomic E-state index is -1.09. The predicted molar refractivity (Wildman–Crippen MR) is 172 cm³/mol. The Kier molecular flexibility index (Phi) is 10.6. The molecule has 47 heavy (non-hydrogen) atoms. The lowest BCUT2D eigenvalue weighted by Crippen LogP contribution is -2.60. The predicted octanol–water partition coefficient (Wildman–Crippen LogP) is 2.75. The quantitative estimate of drug-likeness (QED) is 0.187. The lowest BCUT2D eigenvalue weighted by Gasteiger charge is -2.37. The van der Waals surface area contributed by atoms with Gasteiger partial charge in [0.1, 0.15) is 24.7 Å². The van der Waals surface area contributed by atoms with E-state index in [0.29, 0.717) is 13.0 Å². The monoisotopic (exact) mass is 651 g/mol. The van der Waals surface area contributed by atoms with Crippen LogP contribution in [-0.2, 0) is 28.7 Å². The van der Waals surface area contributed by atoms with Crippen molar-refractivity contribution in [3.05, 3.63) is 35.9 Å². The van der Waals surface area contributed by atoms with Crippen LogP contribution >= 0.6 is 0 Å². The molecule has 1 aromatic rings. The molecule has 4 aliphatic rings. The molecule has 1 aliphatic heterocycles. The Bertz CT molecular complexity index is 1360. The van der Waals surface area contributed by atoms with Crippen LogP contribution < -0.4 is 21.7 Å². The lowest BCUT2D eigenvalue weighted by atomic mass is 9.80. The molecule has 3 aliphatic carbocycles. The van der Waals surface area contributed by atoms with Gasteiger partial charge in [-0.05, 0) is 60.8 Å². The Morgan fingerprint density at radius 3 is 2.26 bits per heavy atom. The van der Waals surface area contributed by atoms with E-state index in [2.05, 4.69) is 29.8 Å². The number of carbonyl (C=O) groups excluding carboxylic acids is 6. The molecular weight excluding hydrogens is 602 g/mol. The third-order valence-corrected chi connectivity index (χ3v) is 11.1. The number of nitrogens with one attached hydrogen (secondary N) is 3. The summed E-state index contributed by atoms with van der Waals surface area (Å²) in [6, 6.07) is 5.80. The molecule has 0 bridgehead atoms. The van der Waals surface area contributed by atoms with E-state index in [1.165, 1.54) is 0 Å². The van der Waals surface area contributed by atoms with E-state index in [0.717, 1.165) is 56.9 Å². The van der Waals surface area contributed by atoms with Crippen LogP contribution in [0.4, 0.5) is 4.79 Å². The van der Waals surface area contributed by atoms with Gasteiger partial charge < -0.3 is 31.3 Å². The number of hydrogen-bond acceptors (Lipinski definition) is 7. The number of amides is 5. The molecule has 0 spiro atoms. The van der Waals surface area contributed by atoms with Crippen LogP contribution in [0.2, 0.25) is 0 Å². The number of carbonyl (C=O) groups is 6. The molecule has 5 amide bonds. The van der Waals surface area contributed by atoms with Crippen molar-refractivity contribution in [3.63, 3.8) is 0 Å². The highest BCUT2D eigenvalue weighted by Crippen LogP contribution is 2.65. The highest BCUT2D eigenvalue weighted by Gasteiger charge is 2.69. The van der Waals surface area contributed by atoms with Crippen LogP contribution in [0.1, 0.15) is 90.2 Å². The second-order valence-electron chi connectivity index (χ2n) is 14.5. The zero-order valence-corrected chi connectivity index (χ0v) is 27.7. The fourth-order valence-corrected chi connectivity index (χ4v) is 7.94. The minimum absolute atomic E-state index is 0.0846. The van der Waals surface area contributed by atoms with Gasteiger partial charge in [0.25, 0.3) is 5.91 Å². The highest BCUT2D eigenvalue weighted by molar-refractivity contribution is 6.37. The number of nitrogens with two attached hydrogens (primary N) is 1. The maximum Gasteiger partial charge on any atom is 0.326 e. The summed E-state index contributed by atoms with van der Waals surface area (Å²) < 4.78 is 5.46. The third kappa shape index (κ3) is 7.79. The van der Waals surface area contributed by atoms with Gasteiger partial charge in [0.05, 0.1) is 6.04 Å². The average Bonchev–Trinajstić information content (AvgIpc) is 3.34. The summed E-state index contributed by atoms with van der Waals surface area (Å²) >= 11 is 0. The molecule has 0 aromatic heterocycles. The molecule has 5 rings (SSSR count). The summed E-state index contributed by atoms with van der Waals surface area (Å²) in [6.45, 7) is 5.85. The molecule has 3 saturated carbocycles. The van der Waals surface area contributed by atoms with Crippen LogP contribution in [-0.4, -0.2) is 71.6 Å². The largest absolute Gasteiger partial charge is 0.456 e. The van der Waals surface area contributed by atoms with Gasteiger partial charge in [-0.15, -0.1) is 0 Å². The molecule has 1 aromatic carbocycles. The second kappa shape index (κ2) is 14.4. The van der Waals surface area contributed by atoms with Gasteiger partial charge in [-0.1, -0.05) is 82.7 Å². The van der Waals surface area contributed by atoms with Gasteiger partial charge in [-0.25, -0.2) is 4.79 Å².